The third kappa shape index (κ3) is 14.2. The molecule has 0 aliphatic carbocycles. The lowest BCUT2D eigenvalue weighted by Gasteiger charge is -2.53. The van der Waals surface area contributed by atoms with Crippen LogP contribution in [0.5, 0.6) is 11.5 Å². The molecule has 692 valence electrons. The zero-order chi connectivity index (χ0) is 98.0. The van der Waals surface area contributed by atoms with Gasteiger partial charge in [0.1, 0.15) is 0 Å². The van der Waals surface area contributed by atoms with Crippen LogP contribution in [-0.4, -0.2) is 20.1 Å². The Morgan fingerprint density at radius 3 is 0.655 bits per heavy atom. The van der Waals surface area contributed by atoms with Crippen LogP contribution in [0, 0.1) is 0 Å². The first-order valence-corrected chi connectivity index (χ1v) is 51.4. The minimum atomic E-state index is -0.417. The highest BCUT2D eigenvalue weighted by atomic mass is 16.5. The topological polar surface area (TPSA) is 25.4 Å². The van der Waals surface area contributed by atoms with Crippen molar-refractivity contribution in [3.63, 3.8) is 0 Å². The van der Waals surface area contributed by atoms with Gasteiger partial charge in [0.25, 0.3) is 20.1 Å². The Balaban J connectivity index is 0.838. The van der Waals surface area contributed by atoms with Crippen LogP contribution in [-0.2, 0) is 21.7 Å². The molecule has 0 unspecified atom stereocenters. The number of hydrogen-bond acceptors (Lipinski definition) is 6. The zero-order valence-electron chi connectivity index (χ0n) is 83.9. The molecule has 7 heterocycles. The molecule has 0 bridgehead atoms. The van der Waals surface area contributed by atoms with Gasteiger partial charge in [-0.2, -0.15) is 0 Å². The van der Waals surface area contributed by atoms with Gasteiger partial charge in [0.05, 0.1) is 11.4 Å². The van der Waals surface area contributed by atoms with Gasteiger partial charge in [0.2, 0.25) is 0 Å². The highest BCUT2D eigenvalue weighted by Crippen LogP contribution is 2.62. The molecule has 0 atom stereocenters. The molecule has 27 rings (SSSR count). The highest BCUT2D eigenvalue weighted by molar-refractivity contribution is 7.06. The molecule has 0 spiro atoms. The maximum Gasteiger partial charge on any atom is 0.252 e. The summed E-state index contributed by atoms with van der Waals surface area (Å²) in [5.41, 5.74) is 51.5. The van der Waals surface area contributed by atoms with Gasteiger partial charge in [0.15, 0.2) is 11.5 Å². The lowest BCUT2D eigenvalue weighted by Crippen LogP contribution is -2.70. The fraction of sp³-hybridized carbons (Fsp3) is 0.118. The molecular weight excluding hydrogens is 1750 g/mol. The summed E-state index contributed by atoms with van der Waals surface area (Å²) in [6.45, 7) is 27.5. The molecule has 145 heavy (non-hydrogen) atoms. The summed E-state index contributed by atoms with van der Waals surface area (Å²) in [4.78, 5) is 13.7. The Morgan fingerprint density at radius 2 is 0.393 bits per heavy atom. The van der Waals surface area contributed by atoms with E-state index in [2.05, 4.69) is 544 Å². The number of benzene rings is 20. The molecule has 0 radical (unpaired) electrons. The summed E-state index contributed by atoms with van der Waals surface area (Å²) in [6, 6.07) is 168. The summed E-state index contributed by atoms with van der Waals surface area (Å²) in [7, 11) is 0. The van der Waals surface area contributed by atoms with E-state index in [1.807, 2.05) is 0 Å². The van der Waals surface area contributed by atoms with Gasteiger partial charge >= 0.3 is 0 Å². The van der Waals surface area contributed by atoms with Crippen molar-refractivity contribution in [2.75, 3.05) is 24.5 Å². The Kier molecular flexibility index (Phi) is 19.9. The Hall–Kier alpha value is -16.6. The van der Waals surface area contributed by atoms with E-state index in [0.717, 1.165) is 197 Å². The van der Waals surface area contributed by atoms with Gasteiger partial charge in [-0.05, 0) is 291 Å². The van der Waals surface area contributed by atoms with Crippen LogP contribution < -0.4 is 78.4 Å². The lowest BCUT2D eigenvalue weighted by molar-refractivity contribution is 0.433. The third-order valence-corrected chi connectivity index (χ3v) is 31.6. The highest BCUT2D eigenvalue weighted by Gasteiger charge is 2.57. The van der Waals surface area contributed by atoms with Crippen LogP contribution in [0.2, 0.25) is 0 Å². The first kappa shape index (κ1) is 87.4. The monoisotopic (exact) mass is 1860 g/mol. The summed E-state index contributed by atoms with van der Waals surface area (Å²) in [5, 5.41) is 0. The quantitative estimate of drug-likeness (QED) is 0.107. The van der Waals surface area contributed by atoms with E-state index in [1.54, 1.807) is 0 Å². The molecule has 0 aromatic heterocycles. The number of anilines is 15. The summed E-state index contributed by atoms with van der Waals surface area (Å²) in [5.74, 6) is 1.83. The molecule has 7 aliphatic rings. The predicted molar refractivity (Wildman–Crippen MR) is 618 cm³/mol. The van der Waals surface area contributed by atoms with Crippen molar-refractivity contribution in [3.05, 3.63) is 459 Å². The summed E-state index contributed by atoms with van der Waals surface area (Å²) >= 11 is 0. The van der Waals surface area contributed by atoms with Crippen molar-refractivity contribution in [2.24, 2.45) is 0 Å². The van der Waals surface area contributed by atoms with E-state index < -0.39 is 6.71 Å². The van der Waals surface area contributed by atoms with Crippen molar-refractivity contribution >= 4 is 155 Å². The summed E-state index contributed by atoms with van der Waals surface area (Å²) < 4.78 is 8.37. The van der Waals surface area contributed by atoms with Gasteiger partial charge in [-0.15, -0.1) is 0 Å². The first-order valence-electron chi connectivity index (χ1n) is 51.4. The fourth-order valence-electron chi connectivity index (χ4n) is 24.6. The van der Waals surface area contributed by atoms with Crippen LogP contribution >= 0.6 is 0 Å². The van der Waals surface area contributed by atoms with Crippen LogP contribution in [0.15, 0.2) is 437 Å². The van der Waals surface area contributed by atoms with Crippen LogP contribution in [0.1, 0.15) is 105 Å². The van der Waals surface area contributed by atoms with Crippen molar-refractivity contribution < 1.29 is 4.74 Å². The average Bonchev–Trinajstić information content (AvgIpc) is 0.651. The van der Waals surface area contributed by atoms with Crippen LogP contribution in [0.4, 0.5) is 85.3 Å². The number of fused-ring (bicyclic) bond motifs is 10. The number of rotatable bonds is 13. The maximum atomic E-state index is 8.37. The number of ether oxygens (including phenoxy) is 1. The molecule has 0 saturated heterocycles. The Labute approximate surface area is 853 Å². The standard InChI is InChI=1S/C136H108B3N5O/c1-133(2,3)103-58-62-111-117(80-103)141(106-72-96(87-44-26-15-27-45-87)67-97(73-106)88-46-28-16-29-47-88)123-84-124-127-130-126(123)137(111)113-64-60-109(135(7,8)9)131-128(113)144(130)129-114(65-61-110(132(129)145-131)136(10,11)12)139(127)116-82-115-119(83-120(116)143(124)108-76-100(91-52-34-19-35-53-91)69-101(77-108)92-54-36-20-37-55-92)142(107-74-98(89-48-30-17-31-49-89)68-99(75-107)90-50-32-18-33-51-90)122-79-102(93-56-38-21-39-57-93)78-121-125(122)138(115)112-63-59-104(134(4,5)6)81-118(112)140(121)105-70-94(85-40-22-13-23-41-85)66-95(71-105)86-42-24-14-25-43-86/h13-84H,1-12H3. The Bertz CT molecular complexity index is 8460. The second kappa shape index (κ2) is 33.0. The number of nitrogens with zero attached hydrogens (tertiary/aromatic N) is 5. The normalized spacial score (nSPS) is 13.6. The van der Waals surface area contributed by atoms with E-state index in [9.17, 15) is 0 Å². The van der Waals surface area contributed by atoms with E-state index in [1.165, 1.54) is 71.5 Å². The smallest absolute Gasteiger partial charge is 0.252 e. The molecule has 0 saturated carbocycles. The molecule has 7 aliphatic heterocycles. The van der Waals surface area contributed by atoms with Crippen LogP contribution in [0.3, 0.4) is 0 Å². The van der Waals surface area contributed by atoms with Crippen molar-refractivity contribution in [1.82, 2.24) is 0 Å². The van der Waals surface area contributed by atoms with Gasteiger partial charge in [0, 0.05) is 85.1 Å². The minimum absolute atomic E-state index is 0.243. The van der Waals surface area contributed by atoms with Gasteiger partial charge in [-0.25, -0.2) is 0 Å². The van der Waals surface area contributed by atoms with E-state index >= 15 is 0 Å². The fourth-order valence-corrected chi connectivity index (χ4v) is 24.6. The molecule has 0 amide bonds. The second-order valence-electron chi connectivity index (χ2n) is 44.7. The molecule has 20 aromatic carbocycles. The van der Waals surface area contributed by atoms with Crippen molar-refractivity contribution in [2.45, 2.75) is 105 Å². The average molecular weight is 1860 g/mol. The Morgan fingerprint density at radius 1 is 0.166 bits per heavy atom. The van der Waals surface area contributed by atoms with Gasteiger partial charge in [-0.1, -0.05) is 411 Å². The van der Waals surface area contributed by atoms with Gasteiger partial charge < -0.3 is 29.2 Å². The van der Waals surface area contributed by atoms with E-state index in [0.29, 0.717) is 0 Å². The van der Waals surface area contributed by atoms with E-state index in [4.69, 9.17) is 4.74 Å². The van der Waals surface area contributed by atoms with Gasteiger partial charge in [-0.3, -0.25) is 0 Å². The van der Waals surface area contributed by atoms with Crippen molar-refractivity contribution in [3.8, 4) is 112 Å². The molecule has 9 heteroatoms. The molecule has 20 aromatic rings. The molecule has 0 N–H and O–H groups in total. The maximum absolute atomic E-state index is 8.37. The van der Waals surface area contributed by atoms with Crippen molar-refractivity contribution in [1.29, 1.82) is 0 Å². The SMILES string of the molecule is CC(C)(C)c1ccc2c(c1)N(c1cc(-c3ccccc3)cc(-c3ccccc3)c1)c1cc(-c3ccccc3)cc3c1B2c1cc2c(cc1N3c1cc(-c3ccccc3)cc(-c3ccccc3)c1)N(c1cc(-c3ccccc3)cc(-c3ccccc3)c1)c1cc3c4c5c1B2c1ccc(C(C)(C)C)c2c1N5c1c(ccc(C(C)(C)C)c1O2)B4c1ccc(C(C)(C)C)cc1N3c1cc(-c2ccccc2)cc(-c2ccccc2)c1. The van der Waals surface area contributed by atoms with Crippen LogP contribution in [0.25, 0.3) is 100 Å². The first-order chi connectivity index (χ1) is 70.4. The lowest BCUT2D eigenvalue weighted by atomic mass is 9.27. The second-order valence-corrected chi connectivity index (χ2v) is 44.7. The third-order valence-electron chi connectivity index (χ3n) is 31.6. The zero-order valence-corrected chi connectivity index (χ0v) is 83.9. The molecule has 0 fully saturated rings. The van der Waals surface area contributed by atoms with E-state index in [-0.39, 0.29) is 35.1 Å². The number of hydrogen-bond donors (Lipinski definition) is 0. The summed E-state index contributed by atoms with van der Waals surface area (Å²) in [6.07, 6.45) is 0. The predicted octanol–water partition coefficient (Wildman–Crippen LogP) is 30.8. The minimum Gasteiger partial charge on any atom is -0.452 e. The molecule has 6 nitrogen and oxygen atoms in total. The largest absolute Gasteiger partial charge is 0.452 e. The molecular formula is C136H108B3N5O.